The zero-order valence-electron chi connectivity index (χ0n) is 12.5. The Labute approximate surface area is 128 Å². The van der Waals surface area contributed by atoms with Gasteiger partial charge in [0.2, 0.25) is 0 Å². The first-order chi connectivity index (χ1) is 9.97. The first-order valence-corrected chi connectivity index (χ1v) is 9.22. The zero-order valence-corrected chi connectivity index (χ0v) is 13.3. The minimum atomic E-state index is -9.54. The van der Waals surface area contributed by atoms with Crippen LogP contribution >= 0.6 is 10.2 Å². The maximum absolute atomic E-state index is 11.9. The summed E-state index contributed by atoms with van der Waals surface area (Å²) in [5.74, 6) is 2.00. The third-order valence-corrected chi connectivity index (χ3v) is 3.85. The summed E-state index contributed by atoms with van der Waals surface area (Å²) < 4.78 is 59.6. The molecule has 1 unspecified atom stereocenters. The monoisotopic (exact) mass is 340 g/mol. The van der Waals surface area contributed by atoms with E-state index in [0.717, 1.165) is 19.3 Å². The third-order valence-electron chi connectivity index (χ3n) is 3.32. The largest absolute Gasteiger partial charge is 0.345 e. The molecule has 0 aliphatic carbocycles. The minimum Gasteiger partial charge on any atom is -0.0873 e. The average Bonchev–Trinajstić information content (AvgIpc) is 2.40. The van der Waals surface area contributed by atoms with E-state index in [1.54, 1.807) is 5.92 Å². The van der Waals surface area contributed by atoms with Crippen LogP contribution in [0.15, 0.2) is 30.3 Å². The van der Waals surface area contributed by atoms with Crippen LogP contribution in [0.3, 0.4) is 0 Å². The van der Waals surface area contributed by atoms with Crippen LogP contribution in [0.5, 0.6) is 0 Å². The van der Waals surface area contributed by atoms with Crippen molar-refractivity contribution in [2.75, 3.05) is 0 Å². The second-order valence-electron chi connectivity index (χ2n) is 5.51. The van der Waals surface area contributed by atoms with Crippen LogP contribution in [0.1, 0.15) is 56.9 Å². The molecule has 0 radical (unpaired) electrons. The summed E-state index contributed by atoms with van der Waals surface area (Å²) in [4.78, 5) is 0. The predicted octanol–water partition coefficient (Wildman–Crippen LogP) is 7.39. The molecule has 0 fully saturated rings. The van der Waals surface area contributed by atoms with Crippen LogP contribution < -0.4 is 0 Å². The Morgan fingerprint density at radius 3 is 2.09 bits per heavy atom. The van der Waals surface area contributed by atoms with Gasteiger partial charge in [0.1, 0.15) is 0 Å². The van der Waals surface area contributed by atoms with E-state index >= 15 is 0 Å². The second kappa shape index (κ2) is 6.49. The lowest BCUT2D eigenvalue weighted by Crippen LogP contribution is -1.99. The number of rotatable bonds is 7. The number of halogens is 5. The molecular formula is C16H21F5S. The Kier molecular flexibility index (Phi) is 5.56. The van der Waals surface area contributed by atoms with E-state index < -0.39 is 10.2 Å². The van der Waals surface area contributed by atoms with Gasteiger partial charge in [-0.05, 0) is 24.3 Å². The van der Waals surface area contributed by atoms with Crippen molar-refractivity contribution in [2.24, 2.45) is 0 Å². The van der Waals surface area contributed by atoms with Crippen LogP contribution in [-0.2, 0) is 0 Å². The highest BCUT2D eigenvalue weighted by Gasteiger charge is 2.62. The lowest BCUT2D eigenvalue weighted by molar-refractivity contribution is 0.388. The molecule has 6 heteroatoms. The second-order valence-corrected chi connectivity index (χ2v) is 7.65. The van der Waals surface area contributed by atoms with Gasteiger partial charge < -0.3 is 0 Å². The summed E-state index contributed by atoms with van der Waals surface area (Å²) >= 11 is 0. The Balaban J connectivity index is 2.16. The van der Waals surface area contributed by atoms with Crippen LogP contribution in [0, 0.1) is 11.2 Å². The van der Waals surface area contributed by atoms with Crippen LogP contribution in [-0.4, -0.2) is 0 Å². The Morgan fingerprint density at radius 2 is 1.50 bits per heavy atom. The van der Waals surface area contributed by atoms with Crippen LogP contribution in [0.25, 0.3) is 0 Å². The van der Waals surface area contributed by atoms with Gasteiger partial charge in [-0.25, -0.2) is 0 Å². The molecule has 126 valence electrons. The Morgan fingerprint density at radius 1 is 0.909 bits per heavy atom. The van der Waals surface area contributed by atoms with E-state index in [9.17, 15) is 19.4 Å². The van der Waals surface area contributed by atoms with Gasteiger partial charge in [0, 0.05) is 6.42 Å². The highest BCUT2D eigenvalue weighted by Crippen LogP contribution is 2.97. The first kappa shape index (κ1) is 18.8. The molecule has 1 aromatic rings. The topological polar surface area (TPSA) is 0 Å². The molecule has 0 aliphatic rings. The Hall–Kier alpha value is -1.22. The lowest BCUT2D eigenvalue weighted by Gasteiger charge is -2.33. The molecule has 0 heterocycles. The molecule has 1 rings (SSSR count). The van der Waals surface area contributed by atoms with Gasteiger partial charge in [0.25, 0.3) is 0 Å². The van der Waals surface area contributed by atoms with Gasteiger partial charge in [-0.2, -0.15) is 0 Å². The van der Waals surface area contributed by atoms with Gasteiger partial charge in [0.05, 0.1) is 5.25 Å². The fraction of sp³-hybridized carbons (Fsp3) is 0.500. The summed E-state index contributed by atoms with van der Waals surface area (Å²) in [6, 6.07) is 10.1. The Bertz CT molecular complexity index is 524. The van der Waals surface area contributed by atoms with Crippen molar-refractivity contribution < 1.29 is 19.4 Å². The predicted molar refractivity (Wildman–Crippen MR) is 83.5 cm³/mol. The van der Waals surface area contributed by atoms with Crippen LogP contribution in [0.4, 0.5) is 19.4 Å². The molecule has 0 aliphatic heterocycles. The van der Waals surface area contributed by atoms with E-state index in [0.29, 0.717) is 18.8 Å². The summed E-state index contributed by atoms with van der Waals surface area (Å²) in [6.07, 6.45) is 3.82. The molecule has 0 N–H and O–H groups in total. The molecule has 0 spiro atoms. The summed E-state index contributed by atoms with van der Waals surface area (Å²) in [5, 5.41) is 0.240. The van der Waals surface area contributed by atoms with Crippen molar-refractivity contribution in [2.45, 2.75) is 51.4 Å². The van der Waals surface area contributed by atoms with Crippen LogP contribution in [0.2, 0.25) is 0 Å². The molecule has 0 saturated heterocycles. The van der Waals surface area contributed by atoms with E-state index in [1.807, 2.05) is 18.2 Å². The molecular weight excluding hydrogens is 319 g/mol. The smallest absolute Gasteiger partial charge is 0.0873 e. The van der Waals surface area contributed by atoms with Crippen molar-refractivity contribution in [3.8, 4) is 11.2 Å². The molecule has 1 atom stereocenters. The van der Waals surface area contributed by atoms with E-state index in [1.165, 1.54) is 5.56 Å². The minimum absolute atomic E-state index is 0.139. The van der Waals surface area contributed by atoms with Gasteiger partial charge in [-0.15, -0.1) is 0 Å². The highest BCUT2D eigenvalue weighted by atomic mass is 32.5. The highest BCUT2D eigenvalue weighted by molar-refractivity contribution is 8.49. The van der Waals surface area contributed by atoms with Gasteiger partial charge in [-0.3, -0.25) is 0 Å². The first-order valence-electron chi connectivity index (χ1n) is 7.26. The van der Waals surface area contributed by atoms with E-state index in [2.05, 4.69) is 19.1 Å². The van der Waals surface area contributed by atoms with E-state index in [-0.39, 0.29) is 11.7 Å². The molecule has 1 aromatic carbocycles. The molecule has 22 heavy (non-hydrogen) atoms. The molecule has 0 nitrogen and oxygen atoms in total. The third kappa shape index (κ3) is 9.67. The lowest BCUT2D eigenvalue weighted by atomic mass is 9.95. The van der Waals surface area contributed by atoms with Gasteiger partial charge >= 0.3 is 10.2 Å². The maximum Gasteiger partial charge on any atom is 0.345 e. The molecule has 0 amide bonds. The standard InChI is InChI=1S/C16H21F5S/c1-15(16-12-8-6-9-13-16)11-7-4-2-3-5-10-14-22(17,18,19,20)21/h6,8-9,12-13,15H,2-5,7,11H2,1H3. The fourth-order valence-corrected chi connectivity index (χ4v) is 2.53. The maximum atomic E-state index is 11.9. The van der Waals surface area contributed by atoms with Crippen molar-refractivity contribution in [3.05, 3.63) is 35.9 Å². The average molecular weight is 340 g/mol. The van der Waals surface area contributed by atoms with Crippen molar-refractivity contribution >= 4 is 10.2 Å². The van der Waals surface area contributed by atoms with Crippen molar-refractivity contribution in [3.63, 3.8) is 0 Å². The molecule has 0 bridgehead atoms. The van der Waals surface area contributed by atoms with Gasteiger partial charge in [-0.1, -0.05) is 81.9 Å². The van der Waals surface area contributed by atoms with E-state index in [4.69, 9.17) is 0 Å². The molecule has 0 saturated carbocycles. The summed E-state index contributed by atoms with van der Waals surface area (Å²) in [6.45, 7) is 2.13. The fourth-order valence-electron chi connectivity index (χ4n) is 2.15. The molecule has 0 aromatic heterocycles. The quantitative estimate of drug-likeness (QED) is 0.276. The van der Waals surface area contributed by atoms with Crippen molar-refractivity contribution in [1.29, 1.82) is 0 Å². The zero-order chi connectivity index (χ0) is 16.8. The van der Waals surface area contributed by atoms with Crippen molar-refractivity contribution in [1.82, 2.24) is 0 Å². The number of unbranched alkanes of at least 4 members (excludes halogenated alkanes) is 4. The number of hydrogen-bond acceptors (Lipinski definition) is 0. The number of hydrogen-bond donors (Lipinski definition) is 0. The summed E-state index contributed by atoms with van der Waals surface area (Å²) in [5.41, 5.74) is 1.27. The SMILES string of the molecule is CC(CCCCCCC#CS(F)(F)(F)(F)F)c1ccccc1. The number of benzene rings is 1. The summed E-state index contributed by atoms with van der Waals surface area (Å²) in [7, 11) is -9.54. The normalized spacial score (nSPS) is 16.1. The van der Waals surface area contributed by atoms with Gasteiger partial charge in [0.15, 0.2) is 0 Å².